The first-order chi connectivity index (χ1) is 14.5. The average molecular weight is 413 g/mol. The van der Waals surface area contributed by atoms with Gasteiger partial charge >= 0.3 is 11.6 Å². The van der Waals surface area contributed by atoms with Crippen molar-refractivity contribution >= 4 is 22.8 Å². The van der Waals surface area contributed by atoms with Gasteiger partial charge in [-0.25, -0.2) is 19.2 Å². The Bertz CT molecular complexity index is 1170. The maximum absolute atomic E-state index is 13.3. The molecule has 1 aliphatic rings. The van der Waals surface area contributed by atoms with Crippen LogP contribution >= 0.6 is 0 Å². The van der Waals surface area contributed by atoms with E-state index in [0.29, 0.717) is 30.2 Å². The molecule has 8 heteroatoms. The number of hydrogen-bond donors (Lipinski definition) is 1. The second-order valence-corrected chi connectivity index (χ2v) is 8.05. The van der Waals surface area contributed by atoms with Crippen molar-refractivity contribution in [2.45, 2.75) is 46.7 Å². The summed E-state index contributed by atoms with van der Waals surface area (Å²) in [5, 5.41) is 0. The number of H-pyrrole nitrogens is 1. The van der Waals surface area contributed by atoms with Gasteiger partial charge in [0.1, 0.15) is 11.4 Å². The van der Waals surface area contributed by atoms with E-state index < -0.39 is 0 Å². The van der Waals surface area contributed by atoms with Crippen molar-refractivity contribution in [3.05, 3.63) is 45.1 Å². The Hall–Kier alpha value is -3.03. The zero-order valence-electron chi connectivity index (χ0n) is 18.1. The number of anilines is 2. The number of hydrogen-bond acceptors (Lipinski definition) is 4. The number of nitrogens with one attached hydrogen (secondary N) is 1. The third-order valence-electron chi connectivity index (χ3n) is 5.72. The maximum atomic E-state index is 13.3. The van der Waals surface area contributed by atoms with Crippen molar-refractivity contribution in [3.8, 4) is 5.75 Å². The first-order valence-electron chi connectivity index (χ1n) is 10.7. The lowest BCUT2D eigenvalue weighted by Crippen LogP contribution is -2.52. The SMILES string of the molecule is CCCCn1c(=O)c2c([nH]c3[n+]2C[C@@H](C)CN3c2ccc(OCC)cc2)n(C)c1=O. The number of imidazole rings is 1. The van der Waals surface area contributed by atoms with E-state index in [9.17, 15) is 9.59 Å². The number of ether oxygens (including phenoxy) is 1. The summed E-state index contributed by atoms with van der Waals surface area (Å²) < 4.78 is 10.5. The normalized spacial score (nSPS) is 16.1. The molecule has 0 saturated heterocycles. The molecule has 1 N–H and O–H groups in total. The quantitative estimate of drug-likeness (QED) is 0.631. The molecule has 1 aromatic carbocycles. The molecule has 0 radical (unpaired) electrons. The van der Waals surface area contributed by atoms with Gasteiger partial charge in [0.2, 0.25) is 11.2 Å². The lowest BCUT2D eigenvalue weighted by Gasteiger charge is -2.26. The highest BCUT2D eigenvalue weighted by atomic mass is 16.5. The zero-order chi connectivity index (χ0) is 21.4. The van der Waals surface area contributed by atoms with E-state index in [-0.39, 0.29) is 11.2 Å². The van der Waals surface area contributed by atoms with Crippen LogP contribution in [0.3, 0.4) is 0 Å². The molecule has 0 fully saturated rings. The van der Waals surface area contributed by atoms with Gasteiger partial charge in [-0.3, -0.25) is 13.9 Å². The molecule has 1 aliphatic heterocycles. The van der Waals surface area contributed by atoms with Gasteiger partial charge in [0, 0.05) is 19.5 Å². The fourth-order valence-corrected chi connectivity index (χ4v) is 4.21. The van der Waals surface area contributed by atoms with Crippen LogP contribution < -0.4 is 25.5 Å². The van der Waals surface area contributed by atoms with Gasteiger partial charge in [-0.05, 0) is 37.6 Å². The van der Waals surface area contributed by atoms with Crippen LogP contribution in [0.5, 0.6) is 5.75 Å². The topological polar surface area (TPSA) is 76.1 Å². The summed E-state index contributed by atoms with van der Waals surface area (Å²) in [6.45, 7) is 8.80. The van der Waals surface area contributed by atoms with Crippen molar-refractivity contribution in [1.29, 1.82) is 0 Å². The molecule has 0 unspecified atom stereocenters. The molecule has 4 rings (SSSR count). The second-order valence-electron chi connectivity index (χ2n) is 8.05. The molecule has 0 aliphatic carbocycles. The highest BCUT2D eigenvalue weighted by Crippen LogP contribution is 2.29. The number of rotatable bonds is 6. The minimum atomic E-state index is -0.277. The minimum absolute atomic E-state index is 0.218. The van der Waals surface area contributed by atoms with Crippen LogP contribution in [0, 0.1) is 5.92 Å². The Balaban J connectivity index is 1.88. The van der Waals surface area contributed by atoms with Gasteiger partial charge in [-0.2, -0.15) is 0 Å². The van der Waals surface area contributed by atoms with Crippen molar-refractivity contribution in [2.24, 2.45) is 13.0 Å². The Morgan fingerprint density at radius 2 is 1.93 bits per heavy atom. The Labute approximate surface area is 175 Å². The number of fused-ring (bicyclic) bond motifs is 3. The highest BCUT2D eigenvalue weighted by molar-refractivity contribution is 5.70. The van der Waals surface area contributed by atoms with Crippen molar-refractivity contribution in [1.82, 2.24) is 14.1 Å². The van der Waals surface area contributed by atoms with Crippen LogP contribution in [0.4, 0.5) is 11.6 Å². The van der Waals surface area contributed by atoms with Crippen LogP contribution in [0.15, 0.2) is 33.9 Å². The predicted octanol–water partition coefficient (Wildman–Crippen LogP) is 2.30. The maximum Gasteiger partial charge on any atom is 0.364 e. The number of aromatic amines is 1. The van der Waals surface area contributed by atoms with Crippen molar-refractivity contribution < 1.29 is 9.30 Å². The van der Waals surface area contributed by atoms with Gasteiger partial charge in [0.05, 0.1) is 19.7 Å². The molecular weight excluding hydrogens is 382 g/mol. The molecule has 2 aromatic heterocycles. The average Bonchev–Trinajstić information content (AvgIpc) is 3.12. The van der Waals surface area contributed by atoms with E-state index in [2.05, 4.69) is 23.7 Å². The number of unbranched alkanes of at least 4 members (excludes halogenated alkanes) is 1. The standard InChI is InChI=1S/C22H29N5O3/c1-5-7-12-25-20(28)18-19(24(4)22(25)29)23-21-26(13-15(3)14-27(18)21)16-8-10-17(11-9-16)30-6-2/h8-11,15H,5-7,12-14H2,1-4H3/p+1/t15-/m0/s1. The molecule has 3 aromatic rings. The number of aromatic nitrogens is 4. The molecule has 8 nitrogen and oxygen atoms in total. The summed E-state index contributed by atoms with van der Waals surface area (Å²) >= 11 is 0. The van der Waals surface area contributed by atoms with Gasteiger partial charge in [-0.1, -0.05) is 20.3 Å². The van der Waals surface area contributed by atoms with E-state index in [1.54, 1.807) is 11.6 Å². The van der Waals surface area contributed by atoms with E-state index in [0.717, 1.165) is 43.3 Å². The smallest absolute Gasteiger partial charge is 0.364 e. The van der Waals surface area contributed by atoms with E-state index in [1.165, 1.54) is 4.57 Å². The molecular formula is C22H30N5O3+. The lowest BCUT2D eigenvalue weighted by atomic mass is 10.1. The molecule has 1 atom stereocenters. The largest absolute Gasteiger partial charge is 0.494 e. The number of nitrogens with zero attached hydrogens (tertiary/aromatic N) is 4. The Morgan fingerprint density at radius 1 is 1.20 bits per heavy atom. The summed E-state index contributed by atoms with van der Waals surface area (Å²) in [7, 11) is 1.72. The number of benzene rings is 1. The van der Waals surface area contributed by atoms with Crippen LogP contribution in [-0.4, -0.2) is 27.3 Å². The monoisotopic (exact) mass is 412 g/mol. The van der Waals surface area contributed by atoms with E-state index in [1.807, 2.05) is 35.8 Å². The molecule has 0 spiro atoms. The van der Waals surface area contributed by atoms with Gasteiger partial charge in [-0.15, -0.1) is 0 Å². The molecule has 0 saturated carbocycles. The summed E-state index contributed by atoms with van der Waals surface area (Å²) in [5.74, 6) is 2.00. The molecule has 3 heterocycles. The molecule has 160 valence electrons. The third kappa shape index (κ3) is 3.30. The van der Waals surface area contributed by atoms with Crippen LogP contribution in [0.1, 0.15) is 33.6 Å². The summed E-state index contributed by atoms with van der Waals surface area (Å²) in [6.07, 6.45) is 1.72. The first kappa shape index (κ1) is 20.3. The summed E-state index contributed by atoms with van der Waals surface area (Å²) in [5.41, 5.74) is 1.65. The van der Waals surface area contributed by atoms with Crippen LogP contribution in [-0.2, 0) is 20.1 Å². The van der Waals surface area contributed by atoms with Gasteiger partial charge < -0.3 is 4.74 Å². The molecule has 30 heavy (non-hydrogen) atoms. The minimum Gasteiger partial charge on any atom is -0.494 e. The highest BCUT2D eigenvalue weighted by Gasteiger charge is 2.35. The van der Waals surface area contributed by atoms with Crippen LogP contribution in [0.2, 0.25) is 0 Å². The van der Waals surface area contributed by atoms with E-state index in [4.69, 9.17) is 4.74 Å². The Kier molecular flexibility index (Phi) is 5.40. The zero-order valence-corrected chi connectivity index (χ0v) is 18.1. The lowest BCUT2D eigenvalue weighted by molar-refractivity contribution is -0.669. The molecule has 0 amide bonds. The third-order valence-corrected chi connectivity index (χ3v) is 5.72. The Morgan fingerprint density at radius 3 is 2.60 bits per heavy atom. The van der Waals surface area contributed by atoms with Gasteiger partial charge in [0.15, 0.2) is 0 Å². The first-order valence-corrected chi connectivity index (χ1v) is 10.7. The van der Waals surface area contributed by atoms with E-state index >= 15 is 0 Å². The molecule has 0 bridgehead atoms. The predicted molar refractivity (Wildman–Crippen MR) is 117 cm³/mol. The summed E-state index contributed by atoms with van der Waals surface area (Å²) in [4.78, 5) is 31.6. The second kappa shape index (κ2) is 8.01. The fourth-order valence-electron chi connectivity index (χ4n) is 4.21. The number of aryl methyl sites for hydroxylation is 1. The summed E-state index contributed by atoms with van der Waals surface area (Å²) in [6, 6.07) is 7.96. The fraction of sp³-hybridized carbons (Fsp3) is 0.500. The van der Waals surface area contributed by atoms with Gasteiger partial charge in [0.25, 0.3) is 5.56 Å². The van der Waals surface area contributed by atoms with Crippen molar-refractivity contribution in [3.63, 3.8) is 0 Å². The van der Waals surface area contributed by atoms with Crippen LogP contribution in [0.25, 0.3) is 11.2 Å². The van der Waals surface area contributed by atoms with Crippen molar-refractivity contribution in [2.75, 3.05) is 18.1 Å².